The minimum atomic E-state index is -0.413. The van der Waals surface area contributed by atoms with Crippen LogP contribution in [0.1, 0.15) is 49.6 Å². The smallest absolute Gasteiger partial charge is 0.264 e. The van der Waals surface area contributed by atoms with Crippen molar-refractivity contribution in [3.63, 3.8) is 0 Å². The van der Waals surface area contributed by atoms with Crippen LogP contribution in [0.3, 0.4) is 0 Å². The number of nitrogens with one attached hydrogen (secondary N) is 2. The SMILES string of the molecule is Cc1nc(C(C)(C)C)[nH]c(=O)c1C(=O)NC(C)Cn1ccnc1. The van der Waals surface area contributed by atoms with E-state index in [1.54, 1.807) is 19.4 Å². The van der Waals surface area contributed by atoms with Crippen LogP contribution in [0.5, 0.6) is 0 Å². The van der Waals surface area contributed by atoms with E-state index in [1.807, 2.05) is 38.5 Å². The van der Waals surface area contributed by atoms with Gasteiger partial charge in [-0.05, 0) is 13.8 Å². The largest absolute Gasteiger partial charge is 0.348 e. The molecule has 124 valence electrons. The third kappa shape index (κ3) is 4.06. The molecular weight excluding hydrogens is 294 g/mol. The predicted molar refractivity (Wildman–Crippen MR) is 87.4 cm³/mol. The molecule has 0 radical (unpaired) electrons. The fraction of sp³-hybridized carbons (Fsp3) is 0.500. The Bertz CT molecular complexity index is 741. The topological polar surface area (TPSA) is 92.7 Å². The molecule has 0 spiro atoms. The number of aromatic nitrogens is 4. The average molecular weight is 317 g/mol. The summed E-state index contributed by atoms with van der Waals surface area (Å²) in [7, 11) is 0. The van der Waals surface area contributed by atoms with Crippen LogP contribution in [0.25, 0.3) is 0 Å². The van der Waals surface area contributed by atoms with Gasteiger partial charge in [0.2, 0.25) is 0 Å². The molecule has 0 aliphatic carbocycles. The lowest BCUT2D eigenvalue weighted by atomic mass is 9.95. The molecule has 0 fully saturated rings. The highest BCUT2D eigenvalue weighted by Gasteiger charge is 2.22. The van der Waals surface area contributed by atoms with E-state index < -0.39 is 11.5 Å². The summed E-state index contributed by atoms with van der Waals surface area (Å²) >= 11 is 0. The molecule has 7 heteroatoms. The van der Waals surface area contributed by atoms with Crippen LogP contribution in [0.15, 0.2) is 23.5 Å². The van der Waals surface area contributed by atoms with Crippen LogP contribution in [-0.2, 0) is 12.0 Å². The van der Waals surface area contributed by atoms with E-state index in [9.17, 15) is 9.59 Å². The first-order chi connectivity index (χ1) is 10.7. The maximum Gasteiger partial charge on any atom is 0.264 e. The highest BCUT2D eigenvalue weighted by molar-refractivity contribution is 5.94. The minimum Gasteiger partial charge on any atom is -0.348 e. The van der Waals surface area contributed by atoms with Gasteiger partial charge in [0, 0.05) is 30.4 Å². The molecule has 0 saturated carbocycles. The summed E-state index contributed by atoms with van der Waals surface area (Å²) in [5.74, 6) is 0.160. The summed E-state index contributed by atoms with van der Waals surface area (Å²) < 4.78 is 1.86. The molecule has 23 heavy (non-hydrogen) atoms. The van der Waals surface area contributed by atoms with Gasteiger partial charge in [-0.3, -0.25) is 9.59 Å². The molecule has 1 atom stereocenters. The highest BCUT2D eigenvalue weighted by Crippen LogP contribution is 2.17. The molecule has 2 N–H and O–H groups in total. The third-order valence-corrected chi connectivity index (χ3v) is 3.46. The van der Waals surface area contributed by atoms with Crippen molar-refractivity contribution in [3.8, 4) is 0 Å². The lowest BCUT2D eigenvalue weighted by molar-refractivity contribution is 0.0934. The van der Waals surface area contributed by atoms with Crippen LogP contribution in [0, 0.1) is 6.92 Å². The zero-order valence-corrected chi connectivity index (χ0v) is 14.2. The number of aromatic amines is 1. The Morgan fingerprint density at radius 1 is 1.43 bits per heavy atom. The number of carbonyl (C=O) groups excluding carboxylic acids is 1. The summed E-state index contributed by atoms with van der Waals surface area (Å²) in [5, 5.41) is 2.83. The number of imidazole rings is 1. The lowest BCUT2D eigenvalue weighted by Gasteiger charge is -2.19. The zero-order chi connectivity index (χ0) is 17.2. The first kappa shape index (κ1) is 16.9. The molecule has 0 saturated heterocycles. The van der Waals surface area contributed by atoms with Gasteiger partial charge in [-0.15, -0.1) is 0 Å². The molecule has 1 unspecified atom stereocenters. The Kier molecular flexibility index (Phi) is 4.68. The number of amides is 1. The van der Waals surface area contributed by atoms with Gasteiger partial charge in [0.25, 0.3) is 11.5 Å². The summed E-state index contributed by atoms with van der Waals surface area (Å²) in [5.41, 5.74) is -0.190. The van der Waals surface area contributed by atoms with Crippen molar-refractivity contribution >= 4 is 5.91 Å². The monoisotopic (exact) mass is 317 g/mol. The zero-order valence-electron chi connectivity index (χ0n) is 14.2. The molecule has 0 bridgehead atoms. The molecule has 2 aromatic rings. The number of H-pyrrole nitrogens is 1. The fourth-order valence-corrected chi connectivity index (χ4v) is 2.26. The normalized spacial score (nSPS) is 12.9. The molecule has 1 amide bonds. The van der Waals surface area contributed by atoms with Crippen molar-refractivity contribution < 1.29 is 4.79 Å². The van der Waals surface area contributed by atoms with Crippen molar-refractivity contribution in [2.75, 3.05) is 0 Å². The van der Waals surface area contributed by atoms with Crippen molar-refractivity contribution in [2.24, 2.45) is 0 Å². The van der Waals surface area contributed by atoms with E-state index in [0.717, 1.165) is 0 Å². The minimum absolute atomic E-state index is 0.0653. The van der Waals surface area contributed by atoms with Gasteiger partial charge < -0.3 is 14.9 Å². The van der Waals surface area contributed by atoms with E-state index in [-0.39, 0.29) is 17.0 Å². The highest BCUT2D eigenvalue weighted by atomic mass is 16.2. The first-order valence-electron chi connectivity index (χ1n) is 7.56. The van der Waals surface area contributed by atoms with Crippen LogP contribution in [0.2, 0.25) is 0 Å². The van der Waals surface area contributed by atoms with Crippen molar-refractivity contribution in [3.05, 3.63) is 46.2 Å². The van der Waals surface area contributed by atoms with Crippen molar-refractivity contribution in [1.29, 1.82) is 0 Å². The van der Waals surface area contributed by atoms with Crippen LogP contribution in [-0.4, -0.2) is 31.5 Å². The van der Waals surface area contributed by atoms with Gasteiger partial charge in [-0.1, -0.05) is 20.8 Å². The number of carbonyl (C=O) groups is 1. The van der Waals surface area contributed by atoms with Crippen LogP contribution >= 0.6 is 0 Å². The number of hydrogen-bond donors (Lipinski definition) is 2. The Balaban J connectivity index is 2.18. The van der Waals surface area contributed by atoms with Gasteiger partial charge >= 0.3 is 0 Å². The fourth-order valence-electron chi connectivity index (χ4n) is 2.26. The Hall–Kier alpha value is -2.44. The van der Waals surface area contributed by atoms with E-state index in [2.05, 4.69) is 20.3 Å². The number of nitrogens with zero attached hydrogens (tertiary/aromatic N) is 3. The Morgan fingerprint density at radius 2 is 2.13 bits per heavy atom. The summed E-state index contributed by atoms with van der Waals surface area (Å²) in [6.07, 6.45) is 5.18. The second-order valence-corrected chi connectivity index (χ2v) is 6.76. The molecule has 0 aliphatic rings. The molecule has 7 nitrogen and oxygen atoms in total. The molecule has 0 aromatic carbocycles. The second-order valence-electron chi connectivity index (χ2n) is 6.76. The number of aryl methyl sites for hydroxylation is 1. The Labute approximate surface area is 135 Å². The van der Waals surface area contributed by atoms with Gasteiger partial charge in [0.15, 0.2) is 0 Å². The quantitative estimate of drug-likeness (QED) is 0.891. The molecule has 2 heterocycles. The number of rotatable bonds is 4. The maximum absolute atomic E-state index is 12.4. The molecule has 2 aromatic heterocycles. The van der Waals surface area contributed by atoms with Crippen LogP contribution < -0.4 is 10.9 Å². The van der Waals surface area contributed by atoms with E-state index in [0.29, 0.717) is 18.1 Å². The van der Waals surface area contributed by atoms with Gasteiger partial charge in [0.1, 0.15) is 11.4 Å². The summed E-state index contributed by atoms with van der Waals surface area (Å²) in [4.78, 5) is 35.7. The molecule has 2 rings (SSSR count). The van der Waals surface area contributed by atoms with Gasteiger partial charge in [-0.2, -0.15) is 0 Å². The van der Waals surface area contributed by atoms with Crippen LogP contribution in [0.4, 0.5) is 0 Å². The molecular formula is C16H23N5O2. The average Bonchev–Trinajstić information content (AvgIpc) is 2.89. The van der Waals surface area contributed by atoms with E-state index >= 15 is 0 Å². The second kappa shape index (κ2) is 6.36. The number of hydrogen-bond acceptors (Lipinski definition) is 4. The predicted octanol–water partition coefficient (Wildman–Crippen LogP) is 1.39. The first-order valence-corrected chi connectivity index (χ1v) is 7.56. The lowest BCUT2D eigenvalue weighted by Crippen LogP contribution is -2.39. The summed E-state index contributed by atoms with van der Waals surface area (Å²) in [6, 6.07) is -0.141. The van der Waals surface area contributed by atoms with Gasteiger partial charge in [0.05, 0.1) is 12.0 Å². The third-order valence-electron chi connectivity index (χ3n) is 3.46. The Morgan fingerprint density at radius 3 is 2.65 bits per heavy atom. The summed E-state index contributed by atoms with van der Waals surface area (Å²) in [6.45, 7) is 10.0. The van der Waals surface area contributed by atoms with Crippen molar-refractivity contribution in [2.45, 2.75) is 52.6 Å². The van der Waals surface area contributed by atoms with Gasteiger partial charge in [-0.25, -0.2) is 9.97 Å². The van der Waals surface area contributed by atoms with E-state index in [4.69, 9.17) is 0 Å². The van der Waals surface area contributed by atoms with E-state index in [1.165, 1.54) is 0 Å². The van der Waals surface area contributed by atoms with Crippen molar-refractivity contribution in [1.82, 2.24) is 24.8 Å². The maximum atomic E-state index is 12.4. The standard InChI is InChI=1S/C16H23N5O2/c1-10(8-21-7-6-17-9-21)18-13(22)12-11(2)19-15(16(3,4)5)20-14(12)23/h6-7,9-10H,8H2,1-5H3,(H,18,22)(H,19,20,23). The molecule has 0 aliphatic heterocycles.